The Bertz CT molecular complexity index is 383. The zero-order chi connectivity index (χ0) is 16.7. The van der Waals surface area contributed by atoms with Gasteiger partial charge in [0, 0.05) is 13.0 Å². The molecule has 0 aliphatic rings. The third-order valence-corrected chi connectivity index (χ3v) is 2.44. The Kier molecular flexibility index (Phi) is 7.42. The van der Waals surface area contributed by atoms with E-state index in [-0.39, 0.29) is 25.5 Å². The van der Waals surface area contributed by atoms with Gasteiger partial charge in [0.15, 0.2) is 0 Å². The second kappa shape index (κ2) is 8.02. The first-order chi connectivity index (χ1) is 9.60. The highest BCUT2D eigenvalue weighted by Gasteiger charge is 2.62. The number of alkyl halides is 3. The molecule has 0 heterocycles. The number of ether oxygens (including phenoxy) is 1. The van der Waals surface area contributed by atoms with E-state index >= 15 is 0 Å². The molecule has 2 N–H and O–H groups in total. The Morgan fingerprint density at radius 2 is 1.90 bits per heavy atom. The lowest BCUT2D eigenvalue weighted by Crippen LogP contribution is -2.72. The van der Waals surface area contributed by atoms with E-state index in [2.05, 4.69) is 11.3 Å². The molecule has 21 heavy (non-hydrogen) atoms. The molecule has 0 aliphatic heterocycles. The van der Waals surface area contributed by atoms with Crippen LogP contribution in [0.3, 0.4) is 0 Å². The predicted molar refractivity (Wildman–Crippen MR) is 71.2 cm³/mol. The minimum atomic E-state index is -5.06. The molecule has 0 aromatic heterocycles. The van der Waals surface area contributed by atoms with Crippen LogP contribution in [-0.2, 0) is 14.3 Å². The van der Waals surface area contributed by atoms with Crippen molar-refractivity contribution >= 4 is 11.9 Å². The van der Waals surface area contributed by atoms with Crippen LogP contribution in [-0.4, -0.2) is 36.9 Å². The van der Waals surface area contributed by atoms with Gasteiger partial charge in [-0.05, 0) is 12.8 Å². The highest BCUT2D eigenvalue weighted by molar-refractivity contribution is 5.88. The molecule has 1 atom stereocenters. The third kappa shape index (κ3) is 5.37. The normalized spacial score (nSPS) is 14.4. The van der Waals surface area contributed by atoms with Crippen molar-refractivity contribution in [2.75, 3.05) is 13.2 Å². The van der Waals surface area contributed by atoms with E-state index in [1.54, 1.807) is 19.2 Å². The lowest BCUT2D eigenvalue weighted by atomic mass is 10.1. The summed E-state index contributed by atoms with van der Waals surface area (Å²) >= 11 is 0. The van der Waals surface area contributed by atoms with Gasteiger partial charge >= 0.3 is 12.1 Å². The molecule has 0 radical (unpaired) electrons. The number of carbonyl (C=O) groups excluding carboxylic acids is 2. The van der Waals surface area contributed by atoms with Crippen LogP contribution in [0.25, 0.3) is 0 Å². The van der Waals surface area contributed by atoms with Crippen LogP contribution < -0.4 is 10.6 Å². The molecule has 8 heteroatoms. The zero-order valence-corrected chi connectivity index (χ0v) is 12.3. The van der Waals surface area contributed by atoms with Crippen molar-refractivity contribution in [1.29, 1.82) is 0 Å². The van der Waals surface area contributed by atoms with Gasteiger partial charge in [-0.1, -0.05) is 19.9 Å². The maximum absolute atomic E-state index is 13.4. The van der Waals surface area contributed by atoms with Gasteiger partial charge < -0.3 is 10.1 Å². The number of carbonyl (C=O) groups is 2. The third-order valence-electron chi connectivity index (χ3n) is 2.44. The Balaban J connectivity index is 5.50. The average Bonchev–Trinajstić information content (AvgIpc) is 2.32. The molecule has 0 spiro atoms. The van der Waals surface area contributed by atoms with E-state index < -0.39 is 23.7 Å². The van der Waals surface area contributed by atoms with E-state index in [4.69, 9.17) is 0 Å². The van der Waals surface area contributed by atoms with E-state index in [1.165, 1.54) is 6.92 Å². The molecule has 0 aliphatic carbocycles. The number of halogens is 3. The largest absolute Gasteiger partial charge is 0.463 e. The van der Waals surface area contributed by atoms with Gasteiger partial charge in [0.25, 0.3) is 5.66 Å². The summed E-state index contributed by atoms with van der Waals surface area (Å²) in [6.45, 7) is 7.44. The topological polar surface area (TPSA) is 67.4 Å². The van der Waals surface area contributed by atoms with Crippen LogP contribution in [0.15, 0.2) is 12.7 Å². The zero-order valence-electron chi connectivity index (χ0n) is 12.3. The molecule has 0 aromatic rings. The van der Waals surface area contributed by atoms with E-state index in [0.717, 1.165) is 6.08 Å². The fourth-order valence-electron chi connectivity index (χ4n) is 1.55. The van der Waals surface area contributed by atoms with Gasteiger partial charge in [0.2, 0.25) is 5.91 Å². The van der Waals surface area contributed by atoms with Gasteiger partial charge in [0.05, 0.1) is 6.61 Å². The smallest absolute Gasteiger partial charge is 0.436 e. The Labute approximate surface area is 121 Å². The summed E-state index contributed by atoms with van der Waals surface area (Å²) in [6, 6.07) is 0. The lowest BCUT2D eigenvalue weighted by Gasteiger charge is -2.34. The van der Waals surface area contributed by atoms with Crippen molar-refractivity contribution in [3.05, 3.63) is 12.7 Å². The van der Waals surface area contributed by atoms with Crippen LogP contribution in [0.5, 0.6) is 0 Å². The van der Waals surface area contributed by atoms with E-state index in [9.17, 15) is 22.8 Å². The molecule has 122 valence electrons. The minimum Gasteiger partial charge on any atom is -0.463 e. The molecule has 1 unspecified atom stereocenters. The molecule has 0 bridgehead atoms. The second-order valence-corrected chi connectivity index (χ2v) is 4.78. The first-order valence-electron chi connectivity index (χ1n) is 6.51. The van der Waals surface area contributed by atoms with Crippen LogP contribution in [0.2, 0.25) is 0 Å². The van der Waals surface area contributed by atoms with Crippen molar-refractivity contribution in [3.8, 4) is 0 Å². The standard InChI is InChI=1S/C13H21F3N2O3/c1-5-7-17-12(13(14,15)16,11(20)21-6-2)18-10(19)8-9(3)4/h5,9,17H,1,6-8H2,2-4H3,(H,18,19). The molecule has 5 nitrogen and oxygen atoms in total. The molecule has 0 aromatic carbocycles. The first-order valence-corrected chi connectivity index (χ1v) is 6.51. The van der Waals surface area contributed by atoms with E-state index in [1.807, 2.05) is 5.32 Å². The Morgan fingerprint density at radius 1 is 1.33 bits per heavy atom. The Morgan fingerprint density at radius 3 is 2.29 bits per heavy atom. The predicted octanol–water partition coefficient (Wildman–Crippen LogP) is 1.75. The molecule has 1 amide bonds. The Hall–Kier alpha value is -1.57. The average molecular weight is 310 g/mol. The van der Waals surface area contributed by atoms with Crippen LogP contribution in [0.1, 0.15) is 27.2 Å². The van der Waals surface area contributed by atoms with Crippen LogP contribution >= 0.6 is 0 Å². The molecule has 0 saturated heterocycles. The van der Waals surface area contributed by atoms with Gasteiger partial charge in [-0.25, -0.2) is 4.79 Å². The summed E-state index contributed by atoms with van der Waals surface area (Å²) in [5.74, 6) is -2.65. The van der Waals surface area contributed by atoms with Gasteiger partial charge in [0.1, 0.15) is 0 Å². The summed E-state index contributed by atoms with van der Waals surface area (Å²) in [4.78, 5) is 23.5. The van der Waals surface area contributed by atoms with Crippen molar-refractivity contribution in [3.63, 3.8) is 0 Å². The van der Waals surface area contributed by atoms with Crippen molar-refractivity contribution in [1.82, 2.24) is 10.6 Å². The fourth-order valence-corrected chi connectivity index (χ4v) is 1.55. The van der Waals surface area contributed by atoms with Crippen LogP contribution in [0, 0.1) is 5.92 Å². The number of hydrogen-bond donors (Lipinski definition) is 2. The first kappa shape index (κ1) is 19.4. The number of nitrogens with one attached hydrogen (secondary N) is 2. The summed E-state index contributed by atoms with van der Waals surface area (Å²) < 4.78 is 44.5. The highest BCUT2D eigenvalue weighted by Crippen LogP contribution is 2.30. The molecule has 0 fully saturated rings. The summed E-state index contributed by atoms with van der Waals surface area (Å²) in [7, 11) is 0. The number of amides is 1. The maximum atomic E-state index is 13.4. The summed E-state index contributed by atoms with van der Waals surface area (Å²) in [5.41, 5.74) is -3.27. The van der Waals surface area contributed by atoms with Crippen molar-refractivity contribution < 1.29 is 27.5 Å². The molecule has 0 saturated carbocycles. The number of rotatable bonds is 8. The monoisotopic (exact) mass is 310 g/mol. The minimum absolute atomic E-state index is 0.146. The number of esters is 1. The summed E-state index contributed by atoms with van der Waals surface area (Å²) in [5, 5.41) is 3.69. The highest BCUT2D eigenvalue weighted by atomic mass is 19.4. The van der Waals surface area contributed by atoms with Gasteiger partial charge in [-0.15, -0.1) is 6.58 Å². The van der Waals surface area contributed by atoms with E-state index in [0.29, 0.717) is 0 Å². The maximum Gasteiger partial charge on any atom is 0.436 e. The lowest BCUT2D eigenvalue weighted by molar-refractivity contribution is -0.221. The fraction of sp³-hybridized carbons (Fsp3) is 0.692. The van der Waals surface area contributed by atoms with Crippen molar-refractivity contribution in [2.24, 2.45) is 5.92 Å². The molecule has 0 rings (SSSR count). The van der Waals surface area contributed by atoms with Gasteiger partial charge in [-0.2, -0.15) is 13.2 Å². The van der Waals surface area contributed by atoms with Gasteiger partial charge in [-0.3, -0.25) is 10.1 Å². The van der Waals surface area contributed by atoms with Crippen molar-refractivity contribution in [2.45, 2.75) is 39.0 Å². The molecular formula is C13H21F3N2O3. The summed E-state index contributed by atoms with van der Waals surface area (Å²) in [6.07, 6.45) is -4.06. The number of hydrogen-bond acceptors (Lipinski definition) is 4. The molecular weight excluding hydrogens is 289 g/mol. The quantitative estimate of drug-likeness (QED) is 0.407. The van der Waals surface area contributed by atoms with Crippen LogP contribution in [0.4, 0.5) is 13.2 Å². The SMILES string of the molecule is C=CCNC(NC(=O)CC(C)C)(C(=O)OCC)C(F)(F)F. The second-order valence-electron chi connectivity index (χ2n) is 4.78.